The van der Waals surface area contributed by atoms with Gasteiger partial charge in [-0.25, -0.2) is 4.39 Å². The van der Waals surface area contributed by atoms with Crippen LogP contribution in [-0.2, 0) is 0 Å². The molecule has 10 heavy (non-hydrogen) atoms. The summed E-state index contributed by atoms with van der Waals surface area (Å²) in [5.74, 6) is 0.554. The third-order valence-electron chi connectivity index (χ3n) is 2.03. The van der Waals surface area contributed by atoms with Crippen LogP contribution in [0.2, 0.25) is 0 Å². The molecule has 0 nitrogen and oxygen atoms in total. The van der Waals surface area contributed by atoms with Gasteiger partial charge >= 0.3 is 0 Å². The highest BCUT2D eigenvalue weighted by molar-refractivity contribution is 5.34. The number of halogens is 1. The zero-order valence-corrected chi connectivity index (χ0v) is 5.81. The van der Waals surface area contributed by atoms with E-state index in [2.05, 4.69) is 0 Å². The Morgan fingerprint density at radius 1 is 1.40 bits per heavy atom. The third kappa shape index (κ3) is 1.00. The van der Waals surface area contributed by atoms with Crippen molar-refractivity contribution in [2.75, 3.05) is 0 Å². The van der Waals surface area contributed by atoms with Gasteiger partial charge in [0.1, 0.15) is 5.83 Å². The van der Waals surface area contributed by atoms with Gasteiger partial charge in [0.25, 0.3) is 0 Å². The highest BCUT2D eigenvalue weighted by Gasteiger charge is 2.28. The van der Waals surface area contributed by atoms with Crippen molar-refractivity contribution in [2.24, 2.45) is 5.92 Å². The lowest BCUT2D eigenvalue weighted by atomic mass is 10.0. The van der Waals surface area contributed by atoms with Crippen molar-refractivity contribution in [1.29, 1.82) is 0 Å². The second-order valence-corrected chi connectivity index (χ2v) is 2.92. The maximum atomic E-state index is 12.9. The van der Waals surface area contributed by atoms with E-state index in [1.54, 1.807) is 6.08 Å². The quantitative estimate of drug-likeness (QED) is 0.521. The first-order valence-electron chi connectivity index (χ1n) is 3.77. The van der Waals surface area contributed by atoms with Gasteiger partial charge in [-0.15, -0.1) is 0 Å². The summed E-state index contributed by atoms with van der Waals surface area (Å²) < 4.78 is 12.9. The Bertz CT molecular complexity index is 197. The number of hydrogen-bond donors (Lipinski definition) is 0. The van der Waals surface area contributed by atoms with Crippen LogP contribution in [0, 0.1) is 12.3 Å². The van der Waals surface area contributed by atoms with Crippen LogP contribution in [0.15, 0.2) is 23.6 Å². The van der Waals surface area contributed by atoms with E-state index >= 15 is 0 Å². The molecule has 0 amide bonds. The minimum absolute atomic E-state index is 0.00579. The molecule has 0 spiro atoms. The molecular weight excluding hydrogens is 127 g/mol. The molecule has 0 N–H and O–H groups in total. The molecule has 2 rings (SSSR count). The van der Waals surface area contributed by atoms with Crippen molar-refractivity contribution in [3.05, 3.63) is 30.0 Å². The summed E-state index contributed by atoms with van der Waals surface area (Å²) in [5, 5.41) is 0. The molecule has 0 atom stereocenters. The first kappa shape index (κ1) is 6.14. The molecule has 1 heteroatoms. The van der Waals surface area contributed by atoms with Gasteiger partial charge in [-0.1, -0.05) is 6.08 Å². The zero-order valence-electron chi connectivity index (χ0n) is 5.81. The van der Waals surface area contributed by atoms with Crippen LogP contribution in [0.3, 0.4) is 0 Å². The Morgan fingerprint density at radius 3 is 2.80 bits per heavy atom. The maximum Gasteiger partial charge on any atom is 0.122 e. The molecule has 0 unspecified atom stereocenters. The van der Waals surface area contributed by atoms with Crippen molar-refractivity contribution >= 4 is 0 Å². The van der Waals surface area contributed by atoms with Crippen LogP contribution in [-0.4, -0.2) is 0 Å². The van der Waals surface area contributed by atoms with Crippen molar-refractivity contribution in [2.45, 2.75) is 19.3 Å². The molecule has 53 valence electrons. The van der Waals surface area contributed by atoms with Crippen molar-refractivity contribution in [3.63, 3.8) is 0 Å². The average Bonchev–Trinajstić information content (AvgIpc) is 2.71. The van der Waals surface area contributed by atoms with Gasteiger partial charge in [0.05, 0.1) is 0 Å². The summed E-state index contributed by atoms with van der Waals surface area (Å²) in [5.41, 5.74) is 0.961. The molecule has 0 aromatic rings. The summed E-state index contributed by atoms with van der Waals surface area (Å²) in [7, 11) is 0. The topological polar surface area (TPSA) is 0 Å². The highest BCUT2D eigenvalue weighted by Crippen LogP contribution is 2.41. The van der Waals surface area contributed by atoms with Crippen LogP contribution in [0.1, 0.15) is 19.3 Å². The van der Waals surface area contributed by atoms with E-state index < -0.39 is 0 Å². The summed E-state index contributed by atoms with van der Waals surface area (Å²) >= 11 is 0. The number of hydrogen-bond acceptors (Lipinski definition) is 0. The molecule has 2 aliphatic carbocycles. The largest absolute Gasteiger partial charge is 0.207 e. The molecule has 0 heterocycles. The zero-order chi connectivity index (χ0) is 6.97. The monoisotopic (exact) mass is 137 g/mol. The molecule has 1 fully saturated rings. The Morgan fingerprint density at radius 2 is 2.20 bits per heavy atom. The predicted octanol–water partition coefficient (Wildman–Crippen LogP) is 2.78. The first-order chi connectivity index (χ1) is 4.88. The van der Waals surface area contributed by atoms with Crippen LogP contribution in [0.25, 0.3) is 0 Å². The summed E-state index contributed by atoms with van der Waals surface area (Å²) in [6.45, 7) is 0. The van der Waals surface area contributed by atoms with Gasteiger partial charge in [0.15, 0.2) is 0 Å². The lowest BCUT2D eigenvalue weighted by Crippen LogP contribution is -1.93. The van der Waals surface area contributed by atoms with Crippen LogP contribution < -0.4 is 0 Å². The molecule has 0 aromatic carbocycles. The Kier molecular flexibility index (Phi) is 1.37. The van der Waals surface area contributed by atoms with E-state index in [1.165, 1.54) is 12.8 Å². The van der Waals surface area contributed by atoms with Gasteiger partial charge in [-0.2, -0.15) is 0 Å². The summed E-state index contributed by atoms with van der Waals surface area (Å²) in [6.07, 6.45) is 8.75. The van der Waals surface area contributed by atoms with Gasteiger partial charge in [0.2, 0.25) is 0 Å². The Labute approximate surface area is 60.4 Å². The minimum atomic E-state index is -0.00579. The van der Waals surface area contributed by atoms with E-state index in [0.717, 1.165) is 12.0 Å². The van der Waals surface area contributed by atoms with E-state index in [9.17, 15) is 4.39 Å². The standard InChI is InChI=1S/C9H10F/c10-9-4-2-1-3-8(9)7-5-6-7/h2-4,7H,1,5-6H2. The van der Waals surface area contributed by atoms with Crippen molar-refractivity contribution < 1.29 is 4.39 Å². The molecule has 0 bridgehead atoms. The van der Waals surface area contributed by atoms with Gasteiger partial charge in [0, 0.05) is 0 Å². The lowest BCUT2D eigenvalue weighted by molar-refractivity contribution is 0.637. The fraction of sp³-hybridized carbons (Fsp3) is 0.444. The van der Waals surface area contributed by atoms with Gasteiger partial charge in [-0.3, -0.25) is 0 Å². The van der Waals surface area contributed by atoms with E-state index in [1.807, 2.05) is 12.5 Å². The molecule has 0 aromatic heterocycles. The number of allylic oxidation sites excluding steroid dienone is 4. The van der Waals surface area contributed by atoms with E-state index in [-0.39, 0.29) is 5.83 Å². The summed E-state index contributed by atoms with van der Waals surface area (Å²) in [4.78, 5) is 0. The first-order valence-corrected chi connectivity index (χ1v) is 3.77. The molecule has 0 aliphatic heterocycles. The molecule has 1 radical (unpaired) electrons. The Balaban J connectivity index is 2.20. The Hall–Kier alpha value is -0.590. The SMILES string of the molecule is FC1=C(C2CC2)[CH]CC=C1. The maximum absolute atomic E-state index is 12.9. The van der Waals surface area contributed by atoms with Gasteiger partial charge < -0.3 is 0 Å². The highest BCUT2D eigenvalue weighted by atomic mass is 19.1. The smallest absolute Gasteiger partial charge is 0.122 e. The second-order valence-electron chi connectivity index (χ2n) is 2.92. The summed E-state index contributed by atoms with van der Waals surface area (Å²) in [6, 6.07) is 0. The number of rotatable bonds is 1. The van der Waals surface area contributed by atoms with Crippen LogP contribution in [0.4, 0.5) is 4.39 Å². The van der Waals surface area contributed by atoms with Crippen LogP contribution in [0.5, 0.6) is 0 Å². The van der Waals surface area contributed by atoms with Crippen molar-refractivity contribution in [3.8, 4) is 0 Å². The lowest BCUT2D eigenvalue weighted by Gasteiger charge is -2.07. The molecule has 2 aliphatic rings. The fourth-order valence-corrected chi connectivity index (χ4v) is 1.32. The molecule has 0 saturated heterocycles. The van der Waals surface area contributed by atoms with Crippen molar-refractivity contribution in [1.82, 2.24) is 0 Å². The predicted molar refractivity (Wildman–Crippen MR) is 38.9 cm³/mol. The van der Waals surface area contributed by atoms with E-state index in [4.69, 9.17) is 0 Å². The minimum Gasteiger partial charge on any atom is -0.207 e. The molecule has 1 saturated carbocycles. The third-order valence-corrected chi connectivity index (χ3v) is 2.03. The van der Waals surface area contributed by atoms with Crippen LogP contribution >= 0.6 is 0 Å². The average molecular weight is 137 g/mol. The second kappa shape index (κ2) is 2.22. The molecular formula is C9H10F. The fourth-order valence-electron chi connectivity index (χ4n) is 1.32. The van der Waals surface area contributed by atoms with E-state index in [0.29, 0.717) is 5.92 Å². The normalized spacial score (nSPS) is 25.7. The van der Waals surface area contributed by atoms with Gasteiger partial charge in [-0.05, 0) is 43.3 Å².